The molecule has 3 rings (SSSR count). The summed E-state index contributed by atoms with van der Waals surface area (Å²) in [4.78, 5) is 23.6. The molecule has 5 nitrogen and oxygen atoms in total. The minimum atomic E-state index is -0.0266. The molecule has 0 spiro atoms. The van der Waals surface area contributed by atoms with Crippen LogP contribution in [0.25, 0.3) is 21.5 Å². The molecule has 0 radical (unpaired) electrons. The van der Waals surface area contributed by atoms with Gasteiger partial charge in [0.1, 0.15) is 0 Å². The SMILES string of the molecule is Cc1cc(-c2cncs2)nc2ccc(NC(=O)CN(C)C)cc12. The number of thiazole rings is 1. The molecule has 1 aromatic carbocycles. The highest BCUT2D eigenvalue weighted by Gasteiger charge is 2.09. The minimum Gasteiger partial charge on any atom is -0.325 e. The summed E-state index contributed by atoms with van der Waals surface area (Å²) >= 11 is 1.58. The molecule has 6 heteroatoms. The molecule has 3 aromatic rings. The molecule has 0 aliphatic heterocycles. The second-order valence-corrected chi connectivity index (χ2v) is 6.59. The van der Waals surface area contributed by atoms with Crippen LogP contribution in [0.4, 0.5) is 5.69 Å². The van der Waals surface area contributed by atoms with E-state index < -0.39 is 0 Å². The number of aromatic nitrogens is 2. The second-order valence-electron chi connectivity index (χ2n) is 5.71. The molecule has 0 atom stereocenters. The van der Waals surface area contributed by atoms with E-state index in [0.717, 1.165) is 32.7 Å². The molecule has 0 saturated heterocycles. The lowest BCUT2D eigenvalue weighted by atomic mass is 10.1. The number of hydrogen-bond acceptors (Lipinski definition) is 5. The number of aryl methyl sites for hydroxylation is 1. The summed E-state index contributed by atoms with van der Waals surface area (Å²) in [7, 11) is 3.74. The fraction of sp³-hybridized carbons (Fsp3) is 0.235. The van der Waals surface area contributed by atoms with E-state index in [0.29, 0.717) is 6.54 Å². The van der Waals surface area contributed by atoms with Crippen molar-refractivity contribution in [2.45, 2.75) is 6.92 Å². The van der Waals surface area contributed by atoms with E-state index in [1.165, 1.54) is 0 Å². The van der Waals surface area contributed by atoms with Crippen molar-refractivity contribution in [1.29, 1.82) is 0 Å². The summed E-state index contributed by atoms with van der Waals surface area (Å²) in [6, 6.07) is 7.86. The maximum absolute atomic E-state index is 11.9. The van der Waals surface area contributed by atoms with Crippen molar-refractivity contribution in [3.05, 3.63) is 41.5 Å². The molecule has 23 heavy (non-hydrogen) atoms. The molecular weight excluding hydrogens is 308 g/mol. The highest BCUT2D eigenvalue weighted by Crippen LogP contribution is 2.28. The van der Waals surface area contributed by atoms with Crippen LogP contribution < -0.4 is 5.32 Å². The number of rotatable bonds is 4. The van der Waals surface area contributed by atoms with Gasteiger partial charge in [-0.25, -0.2) is 4.98 Å². The summed E-state index contributed by atoms with van der Waals surface area (Å²) < 4.78 is 0. The predicted octanol–water partition coefficient (Wildman–Crippen LogP) is 3.17. The number of anilines is 1. The number of hydrogen-bond donors (Lipinski definition) is 1. The Morgan fingerprint density at radius 3 is 2.83 bits per heavy atom. The molecule has 1 N–H and O–H groups in total. The molecule has 1 amide bonds. The van der Waals surface area contributed by atoms with Crippen LogP contribution in [0.2, 0.25) is 0 Å². The summed E-state index contributed by atoms with van der Waals surface area (Å²) in [6.45, 7) is 2.42. The van der Waals surface area contributed by atoms with Gasteiger partial charge in [-0.1, -0.05) is 0 Å². The lowest BCUT2D eigenvalue weighted by Gasteiger charge is -2.11. The van der Waals surface area contributed by atoms with E-state index >= 15 is 0 Å². The molecular formula is C17H18N4OS. The zero-order valence-electron chi connectivity index (χ0n) is 13.3. The van der Waals surface area contributed by atoms with Crippen LogP contribution >= 0.6 is 11.3 Å². The Hall–Kier alpha value is -2.31. The fourth-order valence-corrected chi connectivity index (χ4v) is 3.01. The van der Waals surface area contributed by atoms with Crippen LogP contribution in [0.3, 0.4) is 0 Å². The molecule has 2 aromatic heterocycles. The van der Waals surface area contributed by atoms with E-state index in [2.05, 4.69) is 23.3 Å². The van der Waals surface area contributed by atoms with E-state index in [-0.39, 0.29) is 5.91 Å². The number of nitrogens with one attached hydrogen (secondary N) is 1. The van der Waals surface area contributed by atoms with Crippen molar-refractivity contribution in [3.8, 4) is 10.6 Å². The first-order chi connectivity index (χ1) is 11.0. The third kappa shape index (κ3) is 3.55. The Labute approximate surface area is 139 Å². The van der Waals surface area contributed by atoms with E-state index in [1.54, 1.807) is 16.8 Å². The zero-order chi connectivity index (χ0) is 16.4. The van der Waals surface area contributed by atoms with Gasteiger partial charge in [-0.15, -0.1) is 11.3 Å². The van der Waals surface area contributed by atoms with Gasteiger partial charge < -0.3 is 10.2 Å². The van der Waals surface area contributed by atoms with Crippen molar-refractivity contribution in [2.75, 3.05) is 26.0 Å². The summed E-state index contributed by atoms with van der Waals surface area (Å²) in [5.41, 5.74) is 5.57. The zero-order valence-corrected chi connectivity index (χ0v) is 14.1. The molecule has 118 valence electrons. The van der Waals surface area contributed by atoms with E-state index in [1.807, 2.05) is 43.4 Å². The van der Waals surface area contributed by atoms with Crippen LogP contribution in [0, 0.1) is 6.92 Å². The van der Waals surface area contributed by atoms with E-state index in [9.17, 15) is 4.79 Å². The maximum Gasteiger partial charge on any atom is 0.238 e. The van der Waals surface area contributed by atoms with Crippen molar-refractivity contribution in [3.63, 3.8) is 0 Å². The van der Waals surface area contributed by atoms with Crippen molar-refractivity contribution in [1.82, 2.24) is 14.9 Å². The first-order valence-electron chi connectivity index (χ1n) is 7.28. The summed E-state index contributed by atoms with van der Waals surface area (Å²) in [6.07, 6.45) is 1.83. The Balaban J connectivity index is 1.93. The minimum absolute atomic E-state index is 0.0266. The first kappa shape index (κ1) is 15.6. The van der Waals surface area contributed by atoms with Gasteiger partial charge in [0.05, 0.1) is 28.1 Å². The summed E-state index contributed by atoms with van der Waals surface area (Å²) in [5, 5.41) is 3.96. The predicted molar refractivity (Wildman–Crippen MR) is 94.8 cm³/mol. The molecule has 0 fully saturated rings. The van der Waals surface area contributed by atoms with Crippen LogP contribution in [-0.2, 0) is 4.79 Å². The molecule has 0 aliphatic carbocycles. The molecule has 0 unspecified atom stereocenters. The molecule has 0 aliphatic rings. The van der Waals surface area contributed by atoms with Crippen molar-refractivity contribution in [2.24, 2.45) is 0 Å². The monoisotopic (exact) mass is 326 g/mol. The lowest BCUT2D eigenvalue weighted by molar-refractivity contribution is -0.116. The van der Waals surface area contributed by atoms with Gasteiger partial charge >= 0.3 is 0 Å². The normalized spacial score (nSPS) is 11.1. The Morgan fingerprint density at radius 1 is 1.30 bits per heavy atom. The number of benzene rings is 1. The van der Waals surface area contributed by atoms with Crippen LogP contribution in [0.15, 0.2) is 36.0 Å². The number of fused-ring (bicyclic) bond motifs is 1. The standard InChI is InChI=1S/C17H18N4OS/c1-11-6-15(16-8-18-10-23-16)20-14-5-4-12(7-13(11)14)19-17(22)9-21(2)3/h4-8,10H,9H2,1-3H3,(H,19,22). The van der Waals surface area contributed by atoms with Gasteiger partial charge in [-0.3, -0.25) is 9.78 Å². The second kappa shape index (κ2) is 6.44. The largest absolute Gasteiger partial charge is 0.325 e. The van der Waals surface area contributed by atoms with Crippen molar-refractivity contribution >= 4 is 33.8 Å². The maximum atomic E-state index is 11.9. The Morgan fingerprint density at radius 2 is 2.13 bits per heavy atom. The van der Waals surface area contributed by atoms with Crippen LogP contribution in [-0.4, -0.2) is 41.4 Å². The topological polar surface area (TPSA) is 58.1 Å². The average Bonchev–Trinajstić information content (AvgIpc) is 3.01. The fourth-order valence-electron chi connectivity index (χ4n) is 2.43. The highest BCUT2D eigenvalue weighted by atomic mass is 32.1. The lowest BCUT2D eigenvalue weighted by Crippen LogP contribution is -2.27. The Bertz CT molecular complexity index is 843. The van der Waals surface area contributed by atoms with Gasteiger partial charge in [0.15, 0.2) is 0 Å². The molecule has 0 bridgehead atoms. The Kier molecular flexibility index (Phi) is 4.36. The van der Waals surface area contributed by atoms with Gasteiger partial charge in [-0.05, 0) is 50.8 Å². The third-order valence-electron chi connectivity index (χ3n) is 3.44. The van der Waals surface area contributed by atoms with Gasteiger partial charge in [0.25, 0.3) is 0 Å². The molecule has 0 saturated carbocycles. The summed E-state index contributed by atoms with van der Waals surface area (Å²) in [5.74, 6) is -0.0266. The number of likely N-dealkylation sites (N-methyl/N-ethyl adjacent to an activating group) is 1. The van der Waals surface area contributed by atoms with Gasteiger partial charge in [0, 0.05) is 17.3 Å². The van der Waals surface area contributed by atoms with Gasteiger partial charge in [-0.2, -0.15) is 0 Å². The van der Waals surface area contributed by atoms with Crippen LogP contribution in [0.5, 0.6) is 0 Å². The smallest absolute Gasteiger partial charge is 0.238 e. The first-order valence-corrected chi connectivity index (χ1v) is 8.16. The molecule has 2 heterocycles. The number of carbonyl (C=O) groups is 1. The number of carbonyl (C=O) groups excluding carboxylic acids is 1. The average molecular weight is 326 g/mol. The number of amides is 1. The third-order valence-corrected chi connectivity index (χ3v) is 4.24. The van der Waals surface area contributed by atoms with E-state index in [4.69, 9.17) is 4.98 Å². The number of nitrogens with zero attached hydrogens (tertiary/aromatic N) is 3. The van der Waals surface area contributed by atoms with Gasteiger partial charge in [0.2, 0.25) is 5.91 Å². The van der Waals surface area contributed by atoms with Crippen molar-refractivity contribution < 1.29 is 4.79 Å². The van der Waals surface area contributed by atoms with Crippen LogP contribution in [0.1, 0.15) is 5.56 Å². The number of pyridine rings is 1. The quantitative estimate of drug-likeness (QED) is 0.800. The highest BCUT2D eigenvalue weighted by molar-refractivity contribution is 7.13.